The Kier molecular flexibility index (Phi) is 4.91. The first kappa shape index (κ1) is 18.4. The van der Waals surface area contributed by atoms with Gasteiger partial charge in [0.05, 0.1) is 4.90 Å². The molecule has 0 amide bonds. The average Bonchev–Trinajstić information content (AvgIpc) is 3.54. The van der Waals surface area contributed by atoms with E-state index in [1.54, 1.807) is 12.1 Å². The Balaban J connectivity index is 1.36. The standard InChI is InChI=1S/C22H25NO3S/c1-27(25,26)19-4-2-3-18(12-19)22(24)11-15-7-9-17(10-8-15)20-13-21(20)23-14-16-5-6-16/h2-4,7-10,12,16,20-21,23H,5-6,11,13-14H2,1H3. The molecule has 2 aliphatic carbocycles. The van der Waals surface area contributed by atoms with Crippen LogP contribution < -0.4 is 5.32 Å². The molecule has 27 heavy (non-hydrogen) atoms. The zero-order valence-electron chi connectivity index (χ0n) is 15.5. The Morgan fingerprint density at radius 1 is 1.11 bits per heavy atom. The second kappa shape index (κ2) is 7.21. The van der Waals surface area contributed by atoms with E-state index in [4.69, 9.17) is 0 Å². The number of benzene rings is 2. The van der Waals surface area contributed by atoms with Crippen molar-refractivity contribution in [3.63, 3.8) is 0 Å². The molecule has 2 atom stereocenters. The van der Waals surface area contributed by atoms with Gasteiger partial charge in [0.1, 0.15) is 0 Å². The first-order chi connectivity index (χ1) is 12.9. The monoisotopic (exact) mass is 383 g/mol. The van der Waals surface area contributed by atoms with Crippen molar-refractivity contribution in [2.45, 2.75) is 42.5 Å². The van der Waals surface area contributed by atoms with E-state index in [2.05, 4.69) is 17.4 Å². The first-order valence-electron chi connectivity index (χ1n) is 9.56. The van der Waals surface area contributed by atoms with E-state index < -0.39 is 9.84 Å². The highest BCUT2D eigenvalue weighted by Crippen LogP contribution is 2.41. The number of rotatable bonds is 8. The van der Waals surface area contributed by atoms with E-state index in [9.17, 15) is 13.2 Å². The van der Waals surface area contributed by atoms with Crippen molar-refractivity contribution in [2.75, 3.05) is 12.8 Å². The topological polar surface area (TPSA) is 63.2 Å². The molecule has 2 aromatic rings. The van der Waals surface area contributed by atoms with E-state index in [0.29, 0.717) is 17.5 Å². The fourth-order valence-corrected chi connectivity index (χ4v) is 4.17. The normalized spacial score (nSPS) is 21.8. The summed E-state index contributed by atoms with van der Waals surface area (Å²) in [4.78, 5) is 12.7. The highest BCUT2D eigenvalue weighted by Gasteiger charge is 2.38. The summed E-state index contributed by atoms with van der Waals surface area (Å²) in [7, 11) is -3.31. The van der Waals surface area contributed by atoms with E-state index in [0.717, 1.165) is 24.3 Å². The van der Waals surface area contributed by atoms with Gasteiger partial charge in [0.2, 0.25) is 0 Å². The summed E-state index contributed by atoms with van der Waals surface area (Å²) in [6, 6.07) is 15.2. The van der Waals surface area contributed by atoms with Gasteiger partial charge < -0.3 is 5.32 Å². The first-order valence-corrected chi connectivity index (χ1v) is 11.4. The molecule has 2 aromatic carbocycles. The van der Waals surface area contributed by atoms with Gasteiger partial charge in [-0.15, -0.1) is 0 Å². The smallest absolute Gasteiger partial charge is 0.175 e. The summed E-state index contributed by atoms with van der Waals surface area (Å²) < 4.78 is 23.3. The number of hydrogen-bond acceptors (Lipinski definition) is 4. The van der Waals surface area contributed by atoms with Gasteiger partial charge >= 0.3 is 0 Å². The van der Waals surface area contributed by atoms with Crippen LogP contribution in [0.1, 0.15) is 46.7 Å². The molecule has 5 heteroatoms. The molecule has 2 fully saturated rings. The van der Waals surface area contributed by atoms with Gasteiger partial charge in [-0.25, -0.2) is 8.42 Å². The van der Waals surface area contributed by atoms with E-state index >= 15 is 0 Å². The summed E-state index contributed by atoms with van der Waals surface area (Å²) in [6.45, 7) is 1.15. The summed E-state index contributed by atoms with van der Waals surface area (Å²) in [5.41, 5.74) is 2.73. The van der Waals surface area contributed by atoms with Crippen LogP contribution in [-0.4, -0.2) is 33.0 Å². The zero-order chi connectivity index (χ0) is 19.0. The number of hydrogen-bond donors (Lipinski definition) is 1. The number of Topliss-reactive ketones (excluding diaryl/α,β-unsaturated/α-hetero) is 1. The average molecular weight is 384 g/mol. The van der Waals surface area contributed by atoms with E-state index in [1.165, 1.54) is 37.0 Å². The van der Waals surface area contributed by atoms with Gasteiger partial charge in [0, 0.05) is 30.2 Å². The maximum Gasteiger partial charge on any atom is 0.175 e. The molecule has 0 saturated heterocycles. The van der Waals surface area contributed by atoms with Crippen LogP contribution in [0, 0.1) is 5.92 Å². The largest absolute Gasteiger partial charge is 0.313 e. The molecule has 2 saturated carbocycles. The lowest BCUT2D eigenvalue weighted by atomic mass is 10.0. The quantitative estimate of drug-likeness (QED) is 0.710. The maximum atomic E-state index is 12.5. The van der Waals surface area contributed by atoms with E-state index in [1.807, 2.05) is 12.1 Å². The molecule has 1 N–H and O–H groups in total. The van der Waals surface area contributed by atoms with Crippen molar-refractivity contribution in [1.29, 1.82) is 0 Å². The van der Waals surface area contributed by atoms with Crippen LogP contribution in [0.25, 0.3) is 0 Å². The third-order valence-electron chi connectivity index (χ3n) is 5.51. The number of nitrogens with one attached hydrogen (secondary N) is 1. The Morgan fingerprint density at radius 2 is 1.85 bits per heavy atom. The summed E-state index contributed by atoms with van der Waals surface area (Å²) >= 11 is 0. The zero-order valence-corrected chi connectivity index (χ0v) is 16.3. The predicted molar refractivity (Wildman–Crippen MR) is 106 cm³/mol. The van der Waals surface area contributed by atoms with Crippen molar-refractivity contribution in [3.8, 4) is 0 Å². The molecular formula is C22H25NO3S. The molecule has 2 aliphatic rings. The second-order valence-electron chi connectivity index (χ2n) is 7.94. The van der Waals surface area contributed by atoms with Crippen molar-refractivity contribution >= 4 is 15.6 Å². The molecule has 0 aliphatic heterocycles. The minimum Gasteiger partial charge on any atom is -0.313 e. The predicted octanol–water partition coefficient (Wildman–Crippen LogP) is 3.37. The molecule has 2 unspecified atom stereocenters. The minimum atomic E-state index is -3.31. The molecule has 0 spiro atoms. The Bertz CT molecular complexity index is 946. The molecule has 0 radical (unpaired) electrons. The molecule has 0 aromatic heterocycles. The maximum absolute atomic E-state index is 12.5. The lowest BCUT2D eigenvalue weighted by Crippen LogP contribution is -2.20. The van der Waals surface area contributed by atoms with Gasteiger partial charge in [-0.2, -0.15) is 0 Å². The van der Waals surface area contributed by atoms with Crippen LogP contribution in [0.3, 0.4) is 0 Å². The third kappa shape index (κ3) is 4.66. The van der Waals surface area contributed by atoms with Crippen LogP contribution in [-0.2, 0) is 16.3 Å². The summed E-state index contributed by atoms with van der Waals surface area (Å²) in [6.07, 6.45) is 5.38. The summed E-state index contributed by atoms with van der Waals surface area (Å²) in [5, 5.41) is 3.65. The van der Waals surface area contributed by atoms with Gasteiger partial charge in [0.25, 0.3) is 0 Å². The van der Waals surface area contributed by atoms with Crippen LogP contribution in [0.2, 0.25) is 0 Å². The lowest BCUT2D eigenvalue weighted by molar-refractivity contribution is 0.0993. The number of ketones is 1. The van der Waals surface area contributed by atoms with Crippen LogP contribution in [0.4, 0.5) is 0 Å². The van der Waals surface area contributed by atoms with Crippen molar-refractivity contribution in [2.24, 2.45) is 5.92 Å². The number of carbonyl (C=O) groups excluding carboxylic acids is 1. The fraction of sp³-hybridized carbons (Fsp3) is 0.409. The number of sulfone groups is 1. The van der Waals surface area contributed by atoms with Gasteiger partial charge in [0.15, 0.2) is 15.6 Å². The molecular weight excluding hydrogens is 358 g/mol. The third-order valence-corrected chi connectivity index (χ3v) is 6.62. The highest BCUT2D eigenvalue weighted by molar-refractivity contribution is 7.90. The molecule has 0 heterocycles. The Morgan fingerprint density at radius 3 is 2.52 bits per heavy atom. The van der Waals surface area contributed by atoms with Gasteiger partial charge in [-0.05, 0) is 55.0 Å². The van der Waals surface area contributed by atoms with Gasteiger partial charge in [-0.3, -0.25) is 4.79 Å². The minimum absolute atomic E-state index is 0.0661. The number of carbonyl (C=O) groups is 1. The summed E-state index contributed by atoms with van der Waals surface area (Å²) in [5.74, 6) is 1.43. The SMILES string of the molecule is CS(=O)(=O)c1cccc(C(=O)Cc2ccc(C3CC3NCC3CC3)cc2)c1. The van der Waals surface area contributed by atoms with Crippen LogP contribution in [0.5, 0.6) is 0 Å². The Hall–Kier alpha value is -1.98. The molecule has 4 rings (SSSR count). The molecule has 142 valence electrons. The van der Waals surface area contributed by atoms with Crippen LogP contribution >= 0.6 is 0 Å². The Labute approximate surface area is 160 Å². The lowest BCUT2D eigenvalue weighted by Gasteiger charge is -2.06. The van der Waals surface area contributed by atoms with Crippen molar-refractivity contribution in [3.05, 3.63) is 65.2 Å². The fourth-order valence-electron chi connectivity index (χ4n) is 3.50. The van der Waals surface area contributed by atoms with Crippen LogP contribution in [0.15, 0.2) is 53.4 Å². The van der Waals surface area contributed by atoms with Crippen molar-refractivity contribution < 1.29 is 13.2 Å². The van der Waals surface area contributed by atoms with E-state index in [-0.39, 0.29) is 17.1 Å². The highest BCUT2D eigenvalue weighted by atomic mass is 32.2. The molecule has 0 bridgehead atoms. The van der Waals surface area contributed by atoms with Gasteiger partial charge in [-0.1, -0.05) is 36.4 Å². The second-order valence-corrected chi connectivity index (χ2v) is 9.96. The van der Waals surface area contributed by atoms with Crippen molar-refractivity contribution in [1.82, 2.24) is 5.32 Å². The molecule has 4 nitrogen and oxygen atoms in total.